The maximum absolute atomic E-state index is 13.8. The SMILES string of the molecule is CCC(C)N(CC(=O)N1CCc2sccc2C1c1ccccc1)C(=O)c1ccc(OC)cc1OC. The van der Waals surface area contributed by atoms with Crippen LogP contribution in [0.5, 0.6) is 11.5 Å². The van der Waals surface area contributed by atoms with Crippen LogP contribution < -0.4 is 9.47 Å². The van der Waals surface area contributed by atoms with E-state index in [1.807, 2.05) is 36.9 Å². The fraction of sp³-hybridized carbons (Fsp3) is 0.357. The lowest BCUT2D eigenvalue weighted by Crippen LogP contribution is -2.49. The van der Waals surface area contributed by atoms with E-state index in [9.17, 15) is 9.59 Å². The smallest absolute Gasteiger partial charge is 0.258 e. The quantitative estimate of drug-likeness (QED) is 0.435. The van der Waals surface area contributed by atoms with Crippen LogP contribution >= 0.6 is 11.3 Å². The molecule has 1 aliphatic heterocycles. The average molecular weight is 493 g/mol. The monoisotopic (exact) mass is 492 g/mol. The Labute approximate surface area is 211 Å². The molecule has 2 heterocycles. The second-order valence-electron chi connectivity index (χ2n) is 8.71. The van der Waals surface area contributed by atoms with Crippen LogP contribution in [0.2, 0.25) is 0 Å². The lowest BCUT2D eigenvalue weighted by Gasteiger charge is -2.38. The third kappa shape index (κ3) is 5.05. The van der Waals surface area contributed by atoms with Crippen LogP contribution in [0.3, 0.4) is 0 Å². The molecule has 0 aliphatic carbocycles. The molecule has 35 heavy (non-hydrogen) atoms. The molecule has 0 fully saturated rings. The number of carbonyl (C=O) groups is 2. The van der Waals surface area contributed by atoms with Crippen LogP contribution in [0.25, 0.3) is 0 Å². The largest absolute Gasteiger partial charge is 0.497 e. The fourth-order valence-electron chi connectivity index (χ4n) is 4.59. The standard InChI is InChI=1S/C28H32N2O4S/c1-5-19(2)30(28(32)22-12-11-21(33-3)17-24(22)34-4)18-26(31)29-15-13-25-23(14-16-35-25)27(29)20-9-7-6-8-10-20/h6-12,14,16-17,19,27H,5,13,15,18H2,1-4H3. The average Bonchev–Trinajstić information content (AvgIpc) is 3.39. The van der Waals surface area contributed by atoms with E-state index >= 15 is 0 Å². The van der Waals surface area contributed by atoms with E-state index in [0.717, 1.165) is 18.4 Å². The first-order valence-electron chi connectivity index (χ1n) is 11.9. The number of methoxy groups -OCH3 is 2. The number of rotatable bonds is 8. The third-order valence-corrected chi connectivity index (χ3v) is 7.73. The Morgan fingerprint density at radius 3 is 2.57 bits per heavy atom. The summed E-state index contributed by atoms with van der Waals surface area (Å²) in [7, 11) is 3.10. The van der Waals surface area contributed by atoms with Crippen molar-refractivity contribution in [3.8, 4) is 11.5 Å². The van der Waals surface area contributed by atoms with Crippen LogP contribution in [-0.2, 0) is 11.2 Å². The van der Waals surface area contributed by atoms with Crippen LogP contribution in [-0.4, -0.2) is 55.0 Å². The van der Waals surface area contributed by atoms with Crippen molar-refractivity contribution in [3.63, 3.8) is 0 Å². The van der Waals surface area contributed by atoms with E-state index in [0.29, 0.717) is 23.6 Å². The van der Waals surface area contributed by atoms with Gasteiger partial charge >= 0.3 is 0 Å². The first kappa shape index (κ1) is 24.8. The summed E-state index contributed by atoms with van der Waals surface area (Å²) in [5, 5.41) is 2.10. The van der Waals surface area contributed by atoms with Gasteiger partial charge in [-0.05, 0) is 54.5 Å². The molecule has 7 heteroatoms. The molecule has 0 saturated carbocycles. The number of amides is 2. The number of ether oxygens (including phenoxy) is 2. The van der Waals surface area contributed by atoms with E-state index in [1.165, 1.54) is 17.6 Å². The molecule has 1 aromatic heterocycles. The van der Waals surface area contributed by atoms with E-state index in [4.69, 9.17) is 9.47 Å². The molecule has 0 bridgehead atoms. The van der Waals surface area contributed by atoms with Crippen molar-refractivity contribution in [1.82, 2.24) is 9.80 Å². The molecular formula is C28H32N2O4S. The normalized spacial score (nSPS) is 15.8. The maximum Gasteiger partial charge on any atom is 0.258 e. The minimum atomic E-state index is -0.225. The zero-order chi connectivity index (χ0) is 24.9. The highest BCUT2D eigenvalue weighted by Crippen LogP contribution is 2.38. The second-order valence-corrected chi connectivity index (χ2v) is 9.71. The second kappa shape index (κ2) is 11.0. The summed E-state index contributed by atoms with van der Waals surface area (Å²) in [4.78, 5) is 32.4. The summed E-state index contributed by atoms with van der Waals surface area (Å²) >= 11 is 1.74. The fourth-order valence-corrected chi connectivity index (χ4v) is 5.50. The van der Waals surface area contributed by atoms with Crippen LogP contribution in [0.15, 0.2) is 60.0 Å². The molecular weight excluding hydrogens is 460 g/mol. The van der Waals surface area contributed by atoms with Gasteiger partial charge in [0, 0.05) is 23.5 Å². The molecule has 1 aliphatic rings. The van der Waals surface area contributed by atoms with Crippen molar-refractivity contribution in [2.45, 2.75) is 38.8 Å². The first-order chi connectivity index (χ1) is 17.0. The Kier molecular flexibility index (Phi) is 7.76. The van der Waals surface area contributed by atoms with Gasteiger partial charge in [0.15, 0.2) is 0 Å². The molecule has 4 rings (SSSR count). The van der Waals surface area contributed by atoms with Gasteiger partial charge in [-0.25, -0.2) is 0 Å². The van der Waals surface area contributed by atoms with Gasteiger partial charge in [0.05, 0.1) is 25.8 Å². The van der Waals surface area contributed by atoms with Gasteiger partial charge in [0.25, 0.3) is 5.91 Å². The highest BCUT2D eigenvalue weighted by molar-refractivity contribution is 7.10. The zero-order valence-electron chi connectivity index (χ0n) is 20.7. The maximum atomic E-state index is 13.8. The summed E-state index contributed by atoms with van der Waals surface area (Å²) in [6, 6.07) is 17.1. The molecule has 2 amide bonds. The number of hydrogen-bond donors (Lipinski definition) is 0. The van der Waals surface area contributed by atoms with Crippen molar-refractivity contribution in [2.24, 2.45) is 0 Å². The molecule has 2 unspecified atom stereocenters. The molecule has 184 valence electrons. The molecule has 3 aromatic rings. The number of benzene rings is 2. The third-order valence-electron chi connectivity index (χ3n) is 6.73. The Bertz CT molecular complexity index is 1180. The molecule has 0 saturated heterocycles. The minimum absolute atomic E-state index is 0.00578. The topological polar surface area (TPSA) is 59.1 Å². The Hall–Kier alpha value is -3.32. The summed E-state index contributed by atoms with van der Waals surface area (Å²) in [6.07, 6.45) is 1.56. The molecule has 2 aromatic carbocycles. The van der Waals surface area contributed by atoms with Gasteiger partial charge < -0.3 is 19.3 Å². The lowest BCUT2D eigenvalue weighted by molar-refractivity contribution is -0.134. The van der Waals surface area contributed by atoms with Crippen molar-refractivity contribution in [2.75, 3.05) is 27.3 Å². The highest BCUT2D eigenvalue weighted by atomic mass is 32.1. The predicted molar refractivity (Wildman–Crippen MR) is 138 cm³/mol. The Morgan fingerprint density at radius 2 is 1.89 bits per heavy atom. The number of fused-ring (bicyclic) bond motifs is 1. The molecule has 0 N–H and O–H groups in total. The summed E-state index contributed by atoms with van der Waals surface area (Å²) < 4.78 is 10.8. The Balaban J connectivity index is 1.64. The molecule has 6 nitrogen and oxygen atoms in total. The van der Waals surface area contributed by atoms with Crippen molar-refractivity contribution < 1.29 is 19.1 Å². The van der Waals surface area contributed by atoms with Gasteiger partial charge in [0.2, 0.25) is 5.91 Å². The van der Waals surface area contributed by atoms with Crippen molar-refractivity contribution in [1.29, 1.82) is 0 Å². The summed E-state index contributed by atoms with van der Waals surface area (Å²) in [6.45, 7) is 4.63. The van der Waals surface area contributed by atoms with Crippen molar-refractivity contribution in [3.05, 3.63) is 81.5 Å². The summed E-state index contributed by atoms with van der Waals surface area (Å²) in [5.74, 6) is 0.752. The number of nitrogens with zero attached hydrogens (tertiary/aromatic N) is 2. The summed E-state index contributed by atoms with van der Waals surface area (Å²) in [5.41, 5.74) is 2.68. The van der Waals surface area contributed by atoms with E-state index in [1.54, 1.807) is 41.5 Å². The Morgan fingerprint density at radius 1 is 1.11 bits per heavy atom. The van der Waals surface area contributed by atoms with E-state index < -0.39 is 0 Å². The predicted octanol–water partition coefficient (Wildman–Crippen LogP) is 5.18. The lowest BCUT2D eigenvalue weighted by atomic mass is 9.93. The van der Waals surface area contributed by atoms with Crippen molar-refractivity contribution >= 4 is 23.2 Å². The highest BCUT2D eigenvalue weighted by Gasteiger charge is 2.35. The molecule has 2 atom stereocenters. The molecule has 0 radical (unpaired) electrons. The first-order valence-corrected chi connectivity index (χ1v) is 12.8. The van der Waals surface area contributed by atoms with Gasteiger partial charge in [0.1, 0.15) is 18.0 Å². The zero-order valence-corrected chi connectivity index (χ0v) is 21.5. The van der Waals surface area contributed by atoms with Crippen LogP contribution in [0, 0.1) is 0 Å². The number of hydrogen-bond acceptors (Lipinski definition) is 5. The van der Waals surface area contributed by atoms with Gasteiger partial charge in [-0.2, -0.15) is 0 Å². The van der Waals surface area contributed by atoms with E-state index in [-0.39, 0.29) is 30.4 Å². The van der Waals surface area contributed by atoms with Crippen LogP contribution in [0.1, 0.15) is 52.7 Å². The van der Waals surface area contributed by atoms with Gasteiger partial charge in [-0.3, -0.25) is 9.59 Å². The van der Waals surface area contributed by atoms with Crippen LogP contribution in [0.4, 0.5) is 0 Å². The van der Waals surface area contributed by atoms with Gasteiger partial charge in [-0.1, -0.05) is 37.3 Å². The molecule has 0 spiro atoms. The number of carbonyl (C=O) groups excluding carboxylic acids is 2. The van der Waals surface area contributed by atoms with E-state index in [2.05, 4.69) is 23.6 Å². The van der Waals surface area contributed by atoms with Gasteiger partial charge in [-0.15, -0.1) is 11.3 Å². The minimum Gasteiger partial charge on any atom is -0.497 e. The number of thiophene rings is 1.